The summed E-state index contributed by atoms with van der Waals surface area (Å²) in [4.78, 5) is 65.4. The van der Waals surface area contributed by atoms with E-state index in [2.05, 4.69) is 21.3 Å². The fourth-order valence-corrected chi connectivity index (χ4v) is 6.65. The van der Waals surface area contributed by atoms with Crippen LogP contribution in [-0.4, -0.2) is 60.2 Å². The highest BCUT2D eigenvalue weighted by molar-refractivity contribution is 6.38. The van der Waals surface area contributed by atoms with Crippen molar-refractivity contribution in [3.8, 4) is 11.1 Å². The number of Topliss-reactive ketones (excluding diaryl/α,β-unsaturated/α-hetero) is 1. The Morgan fingerprint density at radius 2 is 1.50 bits per heavy atom. The molecule has 42 heavy (non-hydrogen) atoms. The van der Waals surface area contributed by atoms with Crippen molar-refractivity contribution in [2.45, 2.75) is 69.1 Å². The van der Waals surface area contributed by atoms with Crippen LogP contribution in [0.3, 0.4) is 0 Å². The molecule has 222 valence electrons. The summed E-state index contributed by atoms with van der Waals surface area (Å²) >= 11 is 0. The topological polar surface area (TPSA) is 154 Å². The molecule has 5 rings (SSSR count). The summed E-state index contributed by atoms with van der Waals surface area (Å²) < 4.78 is 0. The van der Waals surface area contributed by atoms with E-state index in [4.69, 9.17) is 0 Å². The number of ketones is 1. The Morgan fingerprint density at radius 3 is 2.07 bits per heavy atom. The second-order valence-electron chi connectivity index (χ2n) is 11.6. The lowest BCUT2D eigenvalue weighted by atomic mass is 9.84. The minimum Gasteiger partial charge on any atom is -0.372 e. The van der Waals surface area contributed by atoms with E-state index in [1.54, 1.807) is 24.3 Å². The van der Waals surface area contributed by atoms with Crippen molar-refractivity contribution < 1.29 is 29.1 Å². The number of nitrogens with one attached hydrogen (secondary N) is 4. The monoisotopic (exact) mass is 574 g/mol. The van der Waals surface area contributed by atoms with Gasteiger partial charge in [-0.25, -0.2) is 0 Å². The molecule has 10 nitrogen and oxygen atoms in total. The van der Waals surface area contributed by atoms with Gasteiger partial charge >= 0.3 is 0 Å². The molecule has 0 bridgehead atoms. The fourth-order valence-electron chi connectivity index (χ4n) is 6.65. The highest BCUT2D eigenvalue weighted by atomic mass is 16.3. The molecule has 3 atom stereocenters. The first kappa shape index (κ1) is 29.4. The molecule has 2 fully saturated rings. The van der Waals surface area contributed by atoms with Crippen LogP contribution in [0.4, 0.5) is 0 Å². The van der Waals surface area contributed by atoms with Crippen molar-refractivity contribution in [2.24, 2.45) is 11.8 Å². The lowest BCUT2D eigenvalue weighted by Gasteiger charge is -2.31. The van der Waals surface area contributed by atoms with Crippen molar-refractivity contribution in [3.05, 3.63) is 59.7 Å². The lowest BCUT2D eigenvalue weighted by Crippen LogP contribution is -2.57. The highest BCUT2D eigenvalue weighted by Gasteiger charge is 2.49. The highest BCUT2D eigenvalue weighted by Crippen LogP contribution is 2.47. The molecular formula is C32H38N4O6. The zero-order valence-electron chi connectivity index (χ0n) is 23.8. The van der Waals surface area contributed by atoms with E-state index in [1.807, 2.05) is 24.3 Å². The molecule has 1 saturated heterocycles. The average Bonchev–Trinajstić information content (AvgIpc) is 3.54. The minimum atomic E-state index is -2.02. The Hall–Kier alpha value is -4.05. The molecule has 2 aliphatic carbocycles. The first-order chi connectivity index (χ1) is 20.2. The number of rotatable bonds is 10. The van der Waals surface area contributed by atoms with E-state index >= 15 is 0 Å². The standard InChI is InChI=1S/C32H38N4O6/c1-33-30(40)27(37)25(18-20-15-16-34-28(20)38)35-29(39)26(17-19-9-3-2-4-10-19)36-31(41)32(42)23-13-7-5-11-21(23)22-12-6-8-14-24(22)32/h5-8,11-14,19-20,25-26,42H,2-4,9-10,15-18H2,1H3,(H,33,40)(H,34,38)(H,35,39)(H,36,41)/t20-,25-,26-/m0/s1. The maximum atomic E-state index is 14.0. The molecule has 0 spiro atoms. The van der Waals surface area contributed by atoms with Gasteiger partial charge in [-0.2, -0.15) is 0 Å². The van der Waals surface area contributed by atoms with Gasteiger partial charge in [0.25, 0.3) is 11.8 Å². The van der Waals surface area contributed by atoms with Crippen LogP contribution in [0.15, 0.2) is 48.5 Å². The Bertz CT molecular complexity index is 1340. The third-order valence-electron chi connectivity index (χ3n) is 8.93. The van der Waals surface area contributed by atoms with Gasteiger partial charge < -0.3 is 26.4 Å². The van der Waals surface area contributed by atoms with Crippen molar-refractivity contribution in [3.63, 3.8) is 0 Å². The molecule has 0 unspecified atom stereocenters. The molecule has 1 aliphatic heterocycles. The molecule has 1 heterocycles. The number of carbonyl (C=O) groups excluding carboxylic acids is 5. The summed E-state index contributed by atoms with van der Waals surface area (Å²) in [6.07, 6.45) is 5.73. The number of amides is 4. The number of likely N-dealkylation sites (N-methyl/N-ethyl adjacent to an activating group) is 1. The van der Waals surface area contributed by atoms with Crippen molar-refractivity contribution in [1.29, 1.82) is 0 Å². The number of aliphatic hydroxyl groups is 1. The van der Waals surface area contributed by atoms with Crippen LogP contribution >= 0.6 is 0 Å². The molecular weight excluding hydrogens is 536 g/mol. The number of hydrogen-bond donors (Lipinski definition) is 5. The lowest BCUT2D eigenvalue weighted by molar-refractivity contribution is -0.142. The van der Waals surface area contributed by atoms with Gasteiger partial charge in [0.2, 0.25) is 17.6 Å². The number of carbonyl (C=O) groups is 5. The Balaban J connectivity index is 1.42. The van der Waals surface area contributed by atoms with E-state index < -0.39 is 47.1 Å². The van der Waals surface area contributed by atoms with Gasteiger partial charge in [-0.3, -0.25) is 24.0 Å². The summed E-state index contributed by atoms with van der Waals surface area (Å²) in [5.41, 5.74) is 0.327. The van der Waals surface area contributed by atoms with Gasteiger partial charge in [0.15, 0.2) is 5.60 Å². The Morgan fingerprint density at radius 1 is 0.881 bits per heavy atom. The third kappa shape index (κ3) is 5.68. The largest absolute Gasteiger partial charge is 0.372 e. The van der Waals surface area contributed by atoms with Gasteiger partial charge in [0.05, 0.1) is 6.04 Å². The first-order valence-corrected chi connectivity index (χ1v) is 14.8. The van der Waals surface area contributed by atoms with Gasteiger partial charge in [-0.15, -0.1) is 0 Å². The molecule has 4 amide bonds. The van der Waals surface area contributed by atoms with E-state index in [-0.39, 0.29) is 18.2 Å². The zero-order valence-corrected chi connectivity index (χ0v) is 23.8. The molecule has 2 aromatic rings. The third-order valence-corrected chi connectivity index (χ3v) is 8.93. The van der Waals surface area contributed by atoms with E-state index in [0.717, 1.165) is 43.2 Å². The summed E-state index contributed by atoms with van der Waals surface area (Å²) in [5, 5.41) is 22.5. The number of hydrogen-bond acceptors (Lipinski definition) is 6. The second-order valence-corrected chi connectivity index (χ2v) is 11.6. The minimum absolute atomic E-state index is 0.0292. The van der Waals surface area contributed by atoms with Crippen LogP contribution in [0.1, 0.15) is 62.5 Å². The smallest absolute Gasteiger partial charge is 0.289 e. The predicted molar refractivity (Wildman–Crippen MR) is 155 cm³/mol. The Kier molecular flexibility index (Phi) is 8.72. The number of benzene rings is 2. The molecule has 3 aliphatic rings. The normalized spacial score (nSPS) is 20.4. The van der Waals surface area contributed by atoms with Crippen molar-refractivity contribution >= 4 is 29.4 Å². The summed E-state index contributed by atoms with van der Waals surface area (Å²) in [6.45, 7) is 0.459. The molecule has 10 heteroatoms. The van der Waals surface area contributed by atoms with Crippen molar-refractivity contribution in [1.82, 2.24) is 21.3 Å². The van der Waals surface area contributed by atoms with E-state index in [1.165, 1.54) is 7.05 Å². The van der Waals surface area contributed by atoms with Crippen LogP contribution in [0.2, 0.25) is 0 Å². The summed E-state index contributed by atoms with van der Waals surface area (Å²) in [5.74, 6) is -3.68. The second kappa shape index (κ2) is 12.4. The fraction of sp³-hybridized carbons (Fsp3) is 0.469. The summed E-state index contributed by atoms with van der Waals surface area (Å²) in [7, 11) is 1.32. The Labute approximate surface area is 245 Å². The van der Waals surface area contributed by atoms with Crippen molar-refractivity contribution in [2.75, 3.05) is 13.6 Å². The molecule has 0 radical (unpaired) electrons. The maximum Gasteiger partial charge on any atom is 0.289 e. The van der Waals surface area contributed by atoms with Crippen LogP contribution in [0, 0.1) is 11.8 Å². The first-order valence-electron chi connectivity index (χ1n) is 14.8. The summed E-state index contributed by atoms with van der Waals surface area (Å²) in [6, 6.07) is 12.0. The quantitative estimate of drug-likeness (QED) is 0.272. The predicted octanol–water partition coefficient (Wildman–Crippen LogP) is 1.68. The van der Waals surface area contributed by atoms with Crippen LogP contribution < -0.4 is 21.3 Å². The molecule has 2 aromatic carbocycles. The zero-order chi connectivity index (χ0) is 29.9. The molecule has 0 aromatic heterocycles. The SMILES string of the molecule is CNC(=O)C(=O)[C@H](C[C@@H]1CCNC1=O)NC(=O)[C@H](CC1CCCCC1)NC(=O)C1(O)c2ccccc2-c2ccccc21. The molecule has 1 saturated carbocycles. The van der Waals surface area contributed by atoms with E-state index in [9.17, 15) is 29.1 Å². The van der Waals surface area contributed by atoms with Gasteiger partial charge in [0, 0.05) is 30.6 Å². The van der Waals surface area contributed by atoms with Gasteiger partial charge in [0.1, 0.15) is 6.04 Å². The number of fused-ring (bicyclic) bond motifs is 3. The average molecular weight is 575 g/mol. The van der Waals surface area contributed by atoms with E-state index in [0.29, 0.717) is 30.5 Å². The van der Waals surface area contributed by atoms with Crippen LogP contribution in [0.25, 0.3) is 11.1 Å². The maximum absolute atomic E-state index is 14.0. The van der Waals surface area contributed by atoms with Crippen LogP contribution in [-0.2, 0) is 29.6 Å². The molecule has 5 N–H and O–H groups in total. The van der Waals surface area contributed by atoms with Gasteiger partial charge in [-0.1, -0.05) is 80.6 Å². The van der Waals surface area contributed by atoms with Gasteiger partial charge in [-0.05, 0) is 36.3 Å². The van der Waals surface area contributed by atoms with Crippen LogP contribution in [0.5, 0.6) is 0 Å².